The minimum Gasteiger partial charge on any atom is -0.450 e. The summed E-state index contributed by atoms with van der Waals surface area (Å²) in [6.07, 6.45) is 4.82. The molecule has 0 bridgehead atoms. The Morgan fingerprint density at radius 3 is 2.15 bits per heavy atom. The van der Waals surface area contributed by atoms with E-state index in [0.717, 1.165) is 31.7 Å². The average Bonchev–Trinajstić information content (AvgIpc) is 2.50. The topological polar surface area (TPSA) is 76.7 Å². The van der Waals surface area contributed by atoms with E-state index in [2.05, 4.69) is 30.3 Å². The summed E-state index contributed by atoms with van der Waals surface area (Å²) in [5.41, 5.74) is -0.548. The summed E-state index contributed by atoms with van der Waals surface area (Å²) in [5.74, 6) is 0.341. The third-order valence-electron chi connectivity index (χ3n) is 4.81. The smallest absolute Gasteiger partial charge is 0.407 e. The zero-order chi connectivity index (χ0) is 20.7. The molecule has 0 heterocycles. The summed E-state index contributed by atoms with van der Waals surface area (Å²) in [6, 6.07) is 0.560. The molecule has 0 saturated heterocycles. The zero-order valence-electron chi connectivity index (χ0n) is 18.3. The lowest BCUT2D eigenvalue weighted by molar-refractivity contribution is 0.0481. The van der Waals surface area contributed by atoms with Crippen molar-refractivity contribution in [3.05, 3.63) is 0 Å². The van der Waals surface area contributed by atoms with E-state index in [4.69, 9.17) is 9.47 Å². The van der Waals surface area contributed by atoms with Gasteiger partial charge in [0, 0.05) is 14.1 Å². The lowest BCUT2D eigenvalue weighted by Crippen LogP contribution is -2.54. The van der Waals surface area contributed by atoms with Gasteiger partial charge in [0.05, 0.1) is 12.6 Å². The summed E-state index contributed by atoms with van der Waals surface area (Å²) < 4.78 is 10.8. The maximum absolute atomic E-state index is 12.3. The highest BCUT2D eigenvalue weighted by molar-refractivity contribution is 6.76. The maximum Gasteiger partial charge on any atom is 0.407 e. The highest BCUT2D eigenvalue weighted by atomic mass is 28.3. The van der Waals surface area contributed by atoms with Gasteiger partial charge in [0.15, 0.2) is 0 Å². The van der Waals surface area contributed by atoms with Crippen LogP contribution in [0.1, 0.15) is 59.8 Å². The molecule has 0 spiro atoms. The van der Waals surface area contributed by atoms with Crippen LogP contribution in [0.2, 0.25) is 25.7 Å². The van der Waals surface area contributed by atoms with Gasteiger partial charge in [0.1, 0.15) is 5.60 Å². The minimum absolute atomic E-state index is 0.155. The van der Waals surface area contributed by atoms with Crippen LogP contribution in [0.4, 0.5) is 9.59 Å². The Labute approximate surface area is 166 Å². The molecule has 0 aliphatic heterocycles. The second-order valence-corrected chi connectivity index (χ2v) is 15.6. The monoisotopic (exact) mass is 400 g/mol. The van der Waals surface area contributed by atoms with Crippen molar-refractivity contribution < 1.29 is 19.1 Å². The fraction of sp³-hybridized carbons (Fsp3) is 0.900. The second-order valence-electron chi connectivity index (χ2n) is 9.95. The molecule has 1 rings (SSSR count). The molecule has 0 radical (unpaired) electrons. The molecule has 2 amide bonds. The third-order valence-corrected chi connectivity index (χ3v) is 6.51. The molecule has 1 aliphatic rings. The molecule has 0 aromatic carbocycles. The van der Waals surface area contributed by atoms with Gasteiger partial charge in [-0.2, -0.15) is 0 Å². The van der Waals surface area contributed by atoms with E-state index < -0.39 is 19.8 Å². The number of ether oxygens (including phenoxy) is 2. The van der Waals surface area contributed by atoms with Crippen LogP contribution in [0.3, 0.4) is 0 Å². The lowest BCUT2D eigenvalue weighted by atomic mass is 9.81. The van der Waals surface area contributed by atoms with Crippen LogP contribution in [-0.2, 0) is 9.47 Å². The molecule has 7 heteroatoms. The molecule has 0 aromatic rings. The first-order chi connectivity index (χ1) is 12.4. The molecule has 1 fully saturated rings. The van der Waals surface area contributed by atoms with Gasteiger partial charge in [0.25, 0.3) is 0 Å². The van der Waals surface area contributed by atoms with Crippen molar-refractivity contribution in [2.24, 2.45) is 5.92 Å². The van der Waals surface area contributed by atoms with Crippen LogP contribution >= 0.6 is 0 Å². The van der Waals surface area contributed by atoms with Gasteiger partial charge < -0.3 is 20.1 Å². The van der Waals surface area contributed by atoms with Crippen molar-refractivity contribution in [3.63, 3.8) is 0 Å². The fourth-order valence-corrected chi connectivity index (χ4v) is 4.07. The number of amides is 2. The zero-order valence-corrected chi connectivity index (χ0v) is 19.3. The number of carbonyl (C=O) groups is 2. The Morgan fingerprint density at radius 2 is 1.63 bits per heavy atom. The van der Waals surface area contributed by atoms with E-state index in [1.54, 1.807) is 0 Å². The SMILES string of the molecule is CC(NC(=O)OC(C)(C)C)C(NC(=O)OCC[Si](C)(C)C)C1CCCCC1. The van der Waals surface area contributed by atoms with Crippen molar-refractivity contribution in [2.45, 2.75) is 103 Å². The fourth-order valence-electron chi connectivity index (χ4n) is 3.36. The molecule has 1 saturated carbocycles. The molecule has 2 unspecified atom stereocenters. The first-order valence-electron chi connectivity index (χ1n) is 10.3. The van der Waals surface area contributed by atoms with E-state index in [0.29, 0.717) is 12.5 Å². The van der Waals surface area contributed by atoms with Crippen LogP contribution in [0, 0.1) is 5.92 Å². The van der Waals surface area contributed by atoms with Crippen LogP contribution in [0.15, 0.2) is 0 Å². The molecule has 0 aromatic heterocycles. The number of carbonyl (C=O) groups excluding carboxylic acids is 2. The van der Waals surface area contributed by atoms with E-state index in [1.165, 1.54) is 6.42 Å². The van der Waals surface area contributed by atoms with E-state index in [1.807, 2.05) is 27.7 Å². The van der Waals surface area contributed by atoms with Crippen LogP contribution < -0.4 is 10.6 Å². The highest BCUT2D eigenvalue weighted by Gasteiger charge is 2.32. The predicted molar refractivity (Wildman–Crippen MR) is 112 cm³/mol. The Hall–Kier alpha value is -1.24. The summed E-state index contributed by atoms with van der Waals surface area (Å²) in [4.78, 5) is 24.5. The Bertz CT molecular complexity index is 479. The van der Waals surface area contributed by atoms with Gasteiger partial charge in [-0.05, 0) is 52.5 Å². The average molecular weight is 401 g/mol. The van der Waals surface area contributed by atoms with E-state index in [9.17, 15) is 9.59 Å². The van der Waals surface area contributed by atoms with Crippen molar-refractivity contribution in [1.82, 2.24) is 10.6 Å². The molecule has 2 N–H and O–H groups in total. The van der Waals surface area contributed by atoms with Gasteiger partial charge in [-0.15, -0.1) is 0 Å². The first kappa shape index (κ1) is 23.8. The molecule has 2 atom stereocenters. The van der Waals surface area contributed by atoms with E-state index in [-0.39, 0.29) is 18.2 Å². The Balaban J connectivity index is 2.66. The molecule has 1 aliphatic carbocycles. The predicted octanol–water partition coefficient (Wildman–Crippen LogP) is 4.91. The number of alkyl carbamates (subject to hydrolysis) is 2. The van der Waals surface area contributed by atoms with Crippen LogP contribution in [-0.4, -0.2) is 44.6 Å². The van der Waals surface area contributed by atoms with E-state index >= 15 is 0 Å². The van der Waals surface area contributed by atoms with Gasteiger partial charge in [-0.25, -0.2) is 9.59 Å². The largest absolute Gasteiger partial charge is 0.450 e. The van der Waals surface area contributed by atoms with Crippen molar-refractivity contribution >= 4 is 20.3 Å². The summed E-state index contributed by atoms with van der Waals surface area (Å²) in [7, 11) is -1.24. The molecule has 6 nitrogen and oxygen atoms in total. The number of nitrogens with one attached hydrogen (secondary N) is 2. The quantitative estimate of drug-likeness (QED) is 0.595. The van der Waals surface area contributed by atoms with Crippen molar-refractivity contribution in [3.8, 4) is 0 Å². The molecule has 158 valence electrons. The number of hydrogen-bond acceptors (Lipinski definition) is 4. The summed E-state index contributed by atoms with van der Waals surface area (Å²) >= 11 is 0. The van der Waals surface area contributed by atoms with Crippen molar-refractivity contribution in [1.29, 1.82) is 0 Å². The highest BCUT2D eigenvalue weighted by Crippen LogP contribution is 2.28. The first-order valence-corrected chi connectivity index (χ1v) is 14.0. The lowest BCUT2D eigenvalue weighted by Gasteiger charge is -2.35. The summed E-state index contributed by atoms with van der Waals surface area (Å²) in [6.45, 7) is 14.7. The summed E-state index contributed by atoms with van der Waals surface area (Å²) in [5, 5.41) is 5.92. The Kier molecular flexibility index (Phi) is 9.11. The number of rotatable bonds is 7. The molecule has 27 heavy (non-hydrogen) atoms. The molecular weight excluding hydrogens is 360 g/mol. The molecular formula is C20H40N2O4Si. The third kappa shape index (κ3) is 10.6. The second kappa shape index (κ2) is 10.3. The minimum atomic E-state index is -1.24. The Morgan fingerprint density at radius 1 is 1.04 bits per heavy atom. The maximum atomic E-state index is 12.3. The van der Waals surface area contributed by atoms with Gasteiger partial charge >= 0.3 is 12.2 Å². The number of hydrogen-bond donors (Lipinski definition) is 2. The van der Waals surface area contributed by atoms with Gasteiger partial charge in [0.2, 0.25) is 0 Å². The normalized spacial score (nSPS) is 18.3. The van der Waals surface area contributed by atoms with Gasteiger partial charge in [-0.3, -0.25) is 0 Å². The van der Waals surface area contributed by atoms with Crippen LogP contribution in [0.5, 0.6) is 0 Å². The van der Waals surface area contributed by atoms with Gasteiger partial charge in [-0.1, -0.05) is 38.9 Å². The van der Waals surface area contributed by atoms with Crippen molar-refractivity contribution in [2.75, 3.05) is 6.61 Å². The van der Waals surface area contributed by atoms with Crippen LogP contribution in [0.25, 0.3) is 0 Å². The standard InChI is InChI=1S/C20H40N2O4Si/c1-15(21-19(24)26-20(2,3)4)17(16-11-9-8-10-12-16)22-18(23)25-13-14-27(5,6)7/h15-17H,8-14H2,1-7H3,(H,21,24)(H,22,23).